The summed E-state index contributed by atoms with van der Waals surface area (Å²) in [6, 6.07) is 5.27. The number of ether oxygens (including phenoxy) is 2. The summed E-state index contributed by atoms with van der Waals surface area (Å²) in [6.45, 7) is 1.78. The van der Waals surface area contributed by atoms with Gasteiger partial charge in [-0.25, -0.2) is 4.79 Å². The fourth-order valence-corrected chi connectivity index (χ4v) is 1.30. The van der Waals surface area contributed by atoms with Gasteiger partial charge in [-0.1, -0.05) is 6.07 Å². The molecule has 1 aromatic carbocycles. The molecule has 0 aliphatic carbocycles. The molecule has 0 N–H and O–H groups in total. The van der Waals surface area contributed by atoms with Gasteiger partial charge >= 0.3 is 5.97 Å². The first kappa shape index (κ1) is 11.1. The van der Waals surface area contributed by atoms with Crippen molar-refractivity contribution in [3.63, 3.8) is 0 Å². The molecule has 0 spiro atoms. The van der Waals surface area contributed by atoms with E-state index in [0.717, 1.165) is 5.56 Å². The van der Waals surface area contributed by atoms with Crippen LogP contribution < -0.4 is 4.74 Å². The average Bonchev–Trinajstić information content (AvgIpc) is 2.27. The number of benzene rings is 1. The molecule has 1 rings (SSSR count). The summed E-state index contributed by atoms with van der Waals surface area (Å²) in [6.07, 6.45) is 0. The third kappa shape index (κ3) is 1.91. The van der Waals surface area contributed by atoms with E-state index < -0.39 is 5.97 Å². The Hall–Kier alpha value is -2.02. The minimum absolute atomic E-state index is 0.266. The van der Waals surface area contributed by atoms with Crippen LogP contribution in [-0.4, -0.2) is 20.2 Å². The van der Waals surface area contributed by atoms with Gasteiger partial charge in [-0.3, -0.25) is 0 Å². The van der Waals surface area contributed by atoms with Crippen LogP contribution >= 0.6 is 0 Å². The molecule has 0 atom stereocenters. The molecule has 0 amide bonds. The molecule has 0 saturated heterocycles. The molecule has 0 unspecified atom stereocenters. The van der Waals surface area contributed by atoms with Crippen molar-refractivity contribution in [2.75, 3.05) is 14.2 Å². The van der Waals surface area contributed by atoms with Crippen LogP contribution in [0.2, 0.25) is 0 Å². The first-order valence-electron chi connectivity index (χ1n) is 4.31. The minimum atomic E-state index is -0.511. The predicted molar refractivity (Wildman–Crippen MR) is 53.8 cm³/mol. The quantitative estimate of drug-likeness (QED) is 0.689. The summed E-state index contributed by atoms with van der Waals surface area (Å²) in [7, 11) is 2.70. The van der Waals surface area contributed by atoms with Crippen molar-refractivity contribution in [2.45, 2.75) is 6.92 Å². The number of carbonyl (C=O) groups is 1. The first-order chi connectivity index (χ1) is 7.15. The zero-order valence-corrected chi connectivity index (χ0v) is 8.83. The number of carbonyl (C=O) groups excluding carboxylic acids is 1. The van der Waals surface area contributed by atoms with Gasteiger partial charge in [0.25, 0.3) is 0 Å². The summed E-state index contributed by atoms with van der Waals surface area (Å²) in [5.74, 6) is -0.243. The second-order valence-corrected chi connectivity index (χ2v) is 2.94. The lowest BCUT2D eigenvalue weighted by molar-refractivity contribution is 0.0597. The highest BCUT2D eigenvalue weighted by atomic mass is 16.5. The number of methoxy groups -OCH3 is 2. The molecule has 1 aromatic rings. The van der Waals surface area contributed by atoms with Gasteiger partial charge in [0.2, 0.25) is 0 Å². The molecule has 4 nitrogen and oxygen atoms in total. The van der Waals surface area contributed by atoms with Crippen LogP contribution in [0.5, 0.6) is 5.75 Å². The van der Waals surface area contributed by atoms with Crippen molar-refractivity contribution in [3.05, 3.63) is 28.8 Å². The van der Waals surface area contributed by atoms with Crippen molar-refractivity contribution in [3.8, 4) is 11.8 Å². The fourth-order valence-electron chi connectivity index (χ4n) is 1.30. The van der Waals surface area contributed by atoms with Crippen molar-refractivity contribution in [1.29, 1.82) is 5.26 Å². The number of hydrogen-bond acceptors (Lipinski definition) is 4. The van der Waals surface area contributed by atoms with Crippen molar-refractivity contribution < 1.29 is 14.3 Å². The predicted octanol–water partition coefficient (Wildman–Crippen LogP) is 1.66. The van der Waals surface area contributed by atoms with Gasteiger partial charge < -0.3 is 9.47 Å². The summed E-state index contributed by atoms with van der Waals surface area (Å²) < 4.78 is 9.64. The van der Waals surface area contributed by atoms with Gasteiger partial charge in [0.15, 0.2) is 5.75 Å². The van der Waals surface area contributed by atoms with Gasteiger partial charge in [-0.2, -0.15) is 5.26 Å². The van der Waals surface area contributed by atoms with Crippen LogP contribution in [0.4, 0.5) is 0 Å². The number of aryl methyl sites for hydroxylation is 1. The third-order valence-electron chi connectivity index (χ3n) is 2.09. The van der Waals surface area contributed by atoms with Crippen molar-refractivity contribution in [1.82, 2.24) is 0 Å². The zero-order chi connectivity index (χ0) is 11.4. The second kappa shape index (κ2) is 4.47. The molecule has 4 heteroatoms. The Morgan fingerprint density at radius 3 is 2.53 bits per heavy atom. The van der Waals surface area contributed by atoms with Gasteiger partial charge in [-0.15, -0.1) is 0 Å². The Kier molecular flexibility index (Phi) is 3.29. The topological polar surface area (TPSA) is 59.3 Å². The Labute approximate surface area is 88.0 Å². The van der Waals surface area contributed by atoms with Gasteiger partial charge in [-0.05, 0) is 18.6 Å². The van der Waals surface area contributed by atoms with Gasteiger partial charge in [0, 0.05) is 0 Å². The summed E-state index contributed by atoms with van der Waals surface area (Å²) in [4.78, 5) is 11.4. The molecule has 0 aliphatic heterocycles. The number of nitrogens with zero attached hydrogens (tertiary/aromatic N) is 1. The fraction of sp³-hybridized carbons (Fsp3) is 0.273. The van der Waals surface area contributed by atoms with E-state index in [9.17, 15) is 4.79 Å². The number of hydrogen-bond donors (Lipinski definition) is 0. The molecule has 0 saturated carbocycles. The number of esters is 1. The summed E-state index contributed by atoms with van der Waals surface area (Å²) in [5, 5.41) is 8.93. The minimum Gasteiger partial charge on any atom is -0.494 e. The summed E-state index contributed by atoms with van der Waals surface area (Å²) in [5.41, 5.74) is 1.39. The second-order valence-electron chi connectivity index (χ2n) is 2.94. The Balaban J connectivity index is 3.43. The number of rotatable bonds is 2. The molecule has 0 aliphatic rings. The normalized spacial score (nSPS) is 9.20. The van der Waals surface area contributed by atoms with Crippen molar-refractivity contribution in [2.24, 2.45) is 0 Å². The monoisotopic (exact) mass is 205 g/mol. The van der Waals surface area contributed by atoms with E-state index in [0.29, 0.717) is 5.56 Å². The summed E-state index contributed by atoms with van der Waals surface area (Å²) >= 11 is 0. The van der Waals surface area contributed by atoms with Crippen LogP contribution in [0.1, 0.15) is 21.5 Å². The smallest absolute Gasteiger partial charge is 0.341 e. The van der Waals surface area contributed by atoms with Crippen LogP contribution in [0.3, 0.4) is 0 Å². The Morgan fingerprint density at radius 2 is 2.07 bits per heavy atom. The molecule has 0 radical (unpaired) electrons. The molecular weight excluding hydrogens is 194 g/mol. The SMILES string of the molecule is COC(=O)c1ccc(C)c(C#N)c1OC. The van der Waals surface area contributed by atoms with Gasteiger partial charge in [0.1, 0.15) is 11.6 Å². The molecule has 78 valence electrons. The van der Waals surface area contributed by atoms with E-state index in [1.54, 1.807) is 19.1 Å². The van der Waals surface area contributed by atoms with E-state index in [2.05, 4.69) is 4.74 Å². The molecule has 0 fully saturated rings. The van der Waals surface area contributed by atoms with E-state index in [1.807, 2.05) is 6.07 Å². The highest BCUT2D eigenvalue weighted by Gasteiger charge is 2.17. The van der Waals surface area contributed by atoms with E-state index in [1.165, 1.54) is 14.2 Å². The first-order valence-corrected chi connectivity index (χ1v) is 4.31. The van der Waals surface area contributed by atoms with E-state index in [-0.39, 0.29) is 11.3 Å². The van der Waals surface area contributed by atoms with Gasteiger partial charge in [0.05, 0.1) is 19.8 Å². The van der Waals surface area contributed by atoms with Crippen molar-refractivity contribution >= 4 is 5.97 Å². The zero-order valence-electron chi connectivity index (χ0n) is 8.83. The van der Waals surface area contributed by atoms with Crippen LogP contribution in [0.15, 0.2) is 12.1 Å². The highest BCUT2D eigenvalue weighted by Crippen LogP contribution is 2.26. The maximum atomic E-state index is 11.4. The Bertz CT molecular complexity index is 432. The largest absolute Gasteiger partial charge is 0.494 e. The number of nitriles is 1. The molecule has 0 aromatic heterocycles. The standard InChI is InChI=1S/C11H11NO3/c1-7-4-5-8(11(13)15-3)10(14-2)9(7)6-12/h4-5H,1-3H3. The lowest BCUT2D eigenvalue weighted by Gasteiger charge is -2.09. The highest BCUT2D eigenvalue weighted by molar-refractivity contribution is 5.93. The molecule has 0 heterocycles. The lowest BCUT2D eigenvalue weighted by Crippen LogP contribution is -2.06. The Morgan fingerprint density at radius 1 is 1.40 bits per heavy atom. The lowest BCUT2D eigenvalue weighted by atomic mass is 10.0. The molecule has 15 heavy (non-hydrogen) atoms. The van der Waals surface area contributed by atoms with Crippen LogP contribution in [0.25, 0.3) is 0 Å². The molecule has 0 bridgehead atoms. The van der Waals surface area contributed by atoms with Crippen LogP contribution in [-0.2, 0) is 4.74 Å². The van der Waals surface area contributed by atoms with Crippen LogP contribution in [0, 0.1) is 18.3 Å². The maximum Gasteiger partial charge on any atom is 0.341 e. The third-order valence-corrected chi connectivity index (χ3v) is 2.09. The van der Waals surface area contributed by atoms with E-state index in [4.69, 9.17) is 10.00 Å². The average molecular weight is 205 g/mol. The van der Waals surface area contributed by atoms with E-state index >= 15 is 0 Å². The maximum absolute atomic E-state index is 11.4. The molecular formula is C11H11NO3.